The molecule has 1 amide bonds. The Balaban J connectivity index is 1.89. The average molecular weight is 395 g/mol. The molecule has 3 rings (SSSR count). The molecule has 0 heterocycles. The molecule has 1 aromatic carbocycles. The van der Waals surface area contributed by atoms with Crippen LogP contribution >= 0.6 is 0 Å². The zero-order valence-corrected chi connectivity index (χ0v) is 17.1. The lowest BCUT2D eigenvalue weighted by atomic mass is 10.1. The molecule has 0 aromatic heterocycles. The molecule has 150 valence electrons. The van der Waals surface area contributed by atoms with E-state index in [0.717, 1.165) is 51.4 Å². The monoisotopic (exact) mass is 394 g/mol. The summed E-state index contributed by atoms with van der Waals surface area (Å²) >= 11 is 0. The van der Waals surface area contributed by atoms with E-state index in [2.05, 4.69) is 4.72 Å². The fourth-order valence-electron chi connectivity index (χ4n) is 4.30. The van der Waals surface area contributed by atoms with Crippen LogP contribution in [0.25, 0.3) is 0 Å². The molecule has 0 radical (unpaired) electrons. The van der Waals surface area contributed by atoms with E-state index >= 15 is 0 Å². The lowest BCUT2D eigenvalue weighted by molar-refractivity contribution is 0.0693. The third-order valence-corrected chi connectivity index (χ3v) is 7.29. The summed E-state index contributed by atoms with van der Waals surface area (Å²) in [6, 6.07) is 4.92. The van der Waals surface area contributed by atoms with Gasteiger partial charge in [-0.05, 0) is 50.8 Å². The molecule has 7 heteroatoms. The molecule has 0 saturated heterocycles. The summed E-state index contributed by atoms with van der Waals surface area (Å²) in [6.45, 7) is 2.59. The number of amides is 1. The Hall–Kier alpha value is -1.60. The number of benzene rings is 1. The van der Waals surface area contributed by atoms with Crippen LogP contribution in [0.4, 0.5) is 0 Å². The summed E-state index contributed by atoms with van der Waals surface area (Å²) < 4.78 is 33.9. The van der Waals surface area contributed by atoms with E-state index in [4.69, 9.17) is 4.74 Å². The molecule has 2 aliphatic carbocycles. The van der Waals surface area contributed by atoms with Gasteiger partial charge in [0.1, 0.15) is 10.6 Å². The van der Waals surface area contributed by atoms with Crippen molar-refractivity contribution in [3.05, 3.63) is 23.8 Å². The molecule has 27 heavy (non-hydrogen) atoms. The second-order valence-electron chi connectivity index (χ2n) is 7.50. The molecule has 2 fully saturated rings. The Morgan fingerprint density at radius 3 is 2.37 bits per heavy atom. The van der Waals surface area contributed by atoms with Crippen LogP contribution in [0, 0.1) is 0 Å². The second-order valence-corrected chi connectivity index (χ2v) is 9.18. The van der Waals surface area contributed by atoms with Crippen molar-refractivity contribution >= 4 is 15.9 Å². The van der Waals surface area contributed by atoms with Crippen molar-refractivity contribution in [3.63, 3.8) is 0 Å². The van der Waals surface area contributed by atoms with E-state index in [0.29, 0.717) is 12.1 Å². The summed E-state index contributed by atoms with van der Waals surface area (Å²) in [5.41, 5.74) is 0.399. The summed E-state index contributed by atoms with van der Waals surface area (Å²) in [5.74, 6) is 0.158. The molecule has 1 aromatic rings. The highest BCUT2D eigenvalue weighted by molar-refractivity contribution is 7.89. The highest BCUT2D eigenvalue weighted by Crippen LogP contribution is 2.29. The van der Waals surface area contributed by atoms with Crippen LogP contribution in [-0.2, 0) is 10.0 Å². The maximum absolute atomic E-state index is 13.1. The van der Waals surface area contributed by atoms with E-state index in [9.17, 15) is 13.2 Å². The summed E-state index contributed by atoms with van der Waals surface area (Å²) in [5, 5.41) is 0. The van der Waals surface area contributed by atoms with Crippen molar-refractivity contribution in [1.29, 1.82) is 0 Å². The Kier molecular flexibility index (Phi) is 6.42. The van der Waals surface area contributed by atoms with Gasteiger partial charge in [0.2, 0.25) is 10.0 Å². The lowest BCUT2D eigenvalue weighted by Gasteiger charge is -2.28. The Bertz CT molecular complexity index is 766. The van der Waals surface area contributed by atoms with Crippen LogP contribution in [0.2, 0.25) is 0 Å². The standard InChI is InChI=1S/C20H30N2O4S/c1-3-22(17-10-6-7-11-17)20(23)15-12-13-18(26-2)19(14-15)27(24,25)21-16-8-4-5-9-16/h12-14,16-17,21H,3-11H2,1-2H3. The first-order valence-electron chi connectivity index (χ1n) is 9.97. The SMILES string of the molecule is CCN(C(=O)c1ccc(OC)c(S(=O)(=O)NC2CCCC2)c1)C1CCCC1. The number of carbonyl (C=O) groups is 1. The van der Waals surface area contributed by atoms with Gasteiger partial charge in [0.05, 0.1) is 7.11 Å². The number of nitrogens with one attached hydrogen (secondary N) is 1. The number of hydrogen-bond acceptors (Lipinski definition) is 4. The van der Waals surface area contributed by atoms with E-state index in [1.165, 1.54) is 13.2 Å². The minimum atomic E-state index is -3.74. The number of hydrogen-bond donors (Lipinski definition) is 1. The highest BCUT2D eigenvalue weighted by Gasteiger charge is 2.29. The molecule has 0 aliphatic heterocycles. The van der Waals surface area contributed by atoms with E-state index in [-0.39, 0.29) is 28.6 Å². The van der Waals surface area contributed by atoms with Crippen molar-refractivity contribution in [2.24, 2.45) is 0 Å². The minimum Gasteiger partial charge on any atom is -0.495 e. The van der Waals surface area contributed by atoms with Gasteiger partial charge in [-0.3, -0.25) is 4.79 Å². The van der Waals surface area contributed by atoms with Gasteiger partial charge in [-0.25, -0.2) is 13.1 Å². The zero-order chi connectivity index (χ0) is 19.4. The largest absolute Gasteiger partial charge is 0.495 e. The zero-order valence-electron chi connectivity index (χ0n) is 16.2. The smallest absolute Gasteiger partial charge is 0.254 e. The quantitative estimate of drug-likeness (QED) is 0.770. The van der Waals surface area contributed by atoms with E-state index < -0.39 is 10.0 Å². The van der Waals surface area contributed by atoms with Gasteiger partial charge in [-0.1, -0.05) is 25.7 Å². The summed E-state index contributed by atoms with van der Waals surface area (Å²) in [6.07, 6.45) is 8.10. The van der Waals surface area contributed by atoms with Crippen molar-refractivity contribution < 1.29 is 17.9 Å². The number of carbonyl (C=O) groups excluding carboxylic acids is 1. The van der Waals surface area contributed by atoms with E-state index in [1.807, 2.05) is 11.8 Å². The van der Waals surface area contributed by atoms with E-state index in [1.54, 1.807) is 12.1 Å². The first-order valence-corrected chi connectivity index (χ1v) is 11.5. The Morgan fingerprint density at radius 1 is 1.15 bits per heavy atom. The topological polar surface area (TPSA) is 75.7 Å². The lowest BCUT2D eigenvalue weighted by Crippen LogP contribution is -2.38. The summed E-state index contributed by atoms with van der Waals surface area (Å²) in [7, 11) is -2.29. The third-order valence-electron chi connectivity index (χ3n) is 5.74. The Labute approximate surface area is 162 Å². The normalized spacial score (nSPS) is 18.7. The van der Waals surface area contributed by atoms with Crippen LogP contribution in [0.3, 0.4) is 0 Å². The number of rotatable bonds is 7. The van der Waals surface area contributed by atoms with Crippen LogP contribution in [0.5, 0.6) is 5.75 Å². The Morgan fingerprint density at radius 2 is 1.78 bits per heavy atom. The number of methoxy groups -OCH3 is 1. The van der Waals surface area contributed by atoms with Crippen LogP contribution in [0.1, 0.15) is 68.6 Å². The van der Waals surface area contributed by atoms with Crippen LogP contribution in [0.15, 0.2) is 23.1 Å². The molecule has 2 aliphatic rings. The molecule has 0 unspecified atom stereocenters. The van der Waals surface area contributed by atoms with Gasteiger partial charge < -0.3 is 9.64 Å². The van der Waals surface area contributed by atoms with Gasteiger partial charge in [-0.2, -0.15) is 0 Å². The van der Waals surface area contributed by atoms with Gasteiger partial charge in [-0.15, -0.1) is 0 Å². The number of nitrogens with zero attached hydrogens (tertiary/aromatic N) is 1. The molecule has 0 bridgehead atoms. The van der Waals surface area contributed by atoms with Gasteiger partial charge in [0.25, 0.3) is 5.91 Å². The van der Waals surface area contributed by atoms with Crippen molar-refractivity contribution in [2.45, 2.75) is 75.3 Å². The molecule has 0 atom stereocenters. The molecular formula is C20H30N2O4S. The number of sulfonamides is 1. The predicted molar refractivity (Wildman–Crippen MR) is 105 cm³/mol. The second kappa shape index (κ2) is 8.61. The van der Waals surface area contributed by atoms with Crippen LogP contribution in [-0.4, -0.2) is 45.0 Å². The van der Waals surface area contributed by atoms with Crippen molar-refractivity contribution in [3.8, 4) is 5.75 Å². The van der Waals surface area contributed by atoms with Crippen LogP contribution < -0.4 is 9.46 Å². The molecule has 1 N–H and O–H groups in total. The van der Waals surface area contributed by atoms with Gasteiger partial charge in [0, 0.05) is 24.2 Å². The van der Waals surface area contributed by atoms with Gasteiger partial charge >= 0.3 is 0 Å². The molecule has 0 spiro atoms. The van der Waals surface area contributed by atoms with Gasteiger partial charge in [0.15, 0.2) is 0 Å². The van der Waals surface area contributed by atoms with Crippen molar-refractivity contribution in [2.75, 3.05) is 13.7 Å². The maximum atomic E-state index is 13.1. The van der Waals surface area contributed by atoms with Crippen molar-refractivity contribution in [1.82, 2.24) is 9.62 Å². The number of ether oxygens (including phenoxy) is 1. The first kappa shape index (κ1) is 20.1. The first-order chi connectivity index (χ1) is 13.0. The predicted octanol–water partition coefficient (Wildman–Crippen LogP) is 3.32. The third kappa shape index (κ3) is 4.46. The molecular weight excluding hydrogens is 364 g/mol. The molecule has 2 saturated carbocycles. The fraction of sp³-hybridized carbons (Fsp3) is 0.650. The highest BCUT2D eigenvalue weighted by atomic mass is 32.2. The summed E-state index contributed by atoms with van der Waals surface area (Å²) in [4.78, 5) is 15.0. The fourth-order valence-corrected chi connectivity index (χ4v) is 5.80. The molecule has 6 nitrogen and oxygen atoms in total. The minimum absolute atomic E-state index is 0.0373. The average Bonchev–Trinajstić information content (AvgIpc) is 3.35. The maximum Gasteiger partial charge on any atom is 0.254 e.